The van der Waals surface area contributed by atoms with Gasteiger partial charge in [0, 0.05) is 75.9 Å². The number of nitrogens with one attached hydrogen (secondary N) is 3. The first-order valence-electron chi connectivity index (χ1n) is 18.1. The summed E-state index contributed by atoms with van der Waals surface area (Å²) >= 11 is 0. The van der Waals surface area contributed by atoms with Gasteiger partial charge in [0.05, 0.1) is 29.0 Å². The summed E-state index contributed by atoms with van der Waals surface area (Å²) in [5, 5.41) is 20.2. The summed E-state index contributed by atoms with van der Waals surface area (Å²) in [6.07, 6.45) is 13.5. The average molecular weight is 671 g/mol. The molecule has 8 heteroatoms. The van der Waals surface area contributed by atoms with Crippen molar-refractivity contribution in [2.45, 2.75) is 51.5 Å². The molecule has 0 amide bonds. The third-order valence-corrected chi connectivity index (χ3v) is 9.98. The predicted octanol–water partition coefficient (Wildman–Crippen LogP) is 7.99. The second-order valence-corrected chi connectivity index (χ2v) is 12.8. The molecular formula is C42H54N8. The zero-order valence-electron chi connectivity index (χ0n) is 30.1. The van der Waals surface area contributed by atoms with Gasteiger partial charge in [-0.1, -0.05) is 69.0 Å². The molecule has 1 atom stereocenters. The van der Waals surface area contributed by atoms with Crippen LogP contribution in [0, 0.1) is 10.8 Å². The summed E-state index contributed by atoms with van der Waals surface area (Å²) in [6, 6.07) is 23.5. The van der Waals surface area contributed by atoms with Crippen LogP contribution in [0.2, 0.25) is 0 Å². The molecule has 4 heterocycles. The monoisotopic (exact) mass is 670 g/mol. The van der Waals surface area contributed by atoms with Gasteiger partial charge in [0.25, 0.3) is 0 Å². The second-order valence-electron chi connectivity index (χ2n) is 12.8. The maximum Gasteiger partial charge on any atom is 0.128 e. The van der Waals surface area contributed by atoms with Crippen molar-refractivity contribution in [1.82, 2.24) is 15.2 Å². The summed E-state index contributed by atoms with van der Waals surface area (Å²) in [7, 11) is 1.95. The highest BCUT2D eigenvalue weighted by Crippen LogP contribution is 2.31. The van der Waals surface area contributed by atoms with E-state index in [9.17, 15) is 0 Å². The molecule has 0 bridgehead atoms. The summed E-state index contributed by atoms with van der Waals surface area (Å²) in [6.45, 7) is 18.4. The van der Waals surface area contributed by atoms with Crippen LogP contribution < -0.4 is 20.0 Å². The molecule has 3 aliphatic rings. The van der Waals surface area contributed by atoms with Crippen molar-refractivity contribution in [2.75, 3.05) is 61.0 Å². The molecular weight excluding hydrogens is 617 g/mol. The van der Waals surface area contributed by atoms with E-state index in [1.807, 2.05) is 74.6 Å². The number of hydrogen-bond acceptors (Lipinski definition) is 8. The minimum atomic E-state index is 0.298. The van der Waals surface area contributed by atoms with Crippen LogP contribution in [0.3, 0.4) is 0 Å². The molecule has 1 unspecified atom stereocenters. The van der Waals surface area contributed by atoms with Crippen LogP contribution in [-0.4, -0.2) is 73.7 Å². The Kier molecular flexibility index (Phi) is 12.8. The zero-order chi connectivity index (χ0) is 35.5. The van der Waals surface area contributed by atoms with Crippen LogP contribution in [0.15, 0.2) is 122 Å². The minimum Gasteiger partial charge on any atom is -0.391 e. The largest absolute Gasteiger partial charge is 0.391 e. The van der Waals surface area contributed by atoms with Crippen LogP contribution in [-0.2, 0) is 0 Å². The van der Waals surface area contributed by atoms with Gasteiger partial charge in [0.2, 0.25) is 0 Å². The first-order chi connectivity index (χ1) is 24.4. The van der Waals surface area contributed by atoms with Crippen molar-refractivity contribution < 1.29 is 0 Å². The molecule has 2 fully saturated rings. The number of piperidine rings is 1. The molecule has 3 N–H and O–H groups in total. The highest BCUT2D eigenvalue weighted by molar-refractivity contribution is 6.18. The summed E-state index contributed by atoms with van der Waals surface area (Å²) < 4.78 is 0. The Labute approximate surface area is 299 Å². The maximum absolute atomic E-state index is 8.54. The fourth-order valence-electron chi connectivity index (χ4n) is 7.09. The van der Waals surface area contributed by atoms with Gasteiger partial charge in [-0.15, -0.1) is 6.58 Å². The number of benzene rings is 2. The lowest BCUT2D eigenvalue weighted by atomic mass is 9.91. The van der Waals surface area contributed by atoms with Crippen molar-refractivity contribution in [3.05, 3.63) is 133 Å². The number of hydrogen-bond donors (Lipinski definition) is 3. The number of rotatable bonds is 12. The van der Waals surface area contributed by atoms with Crippen LogP contribution >= 0.6 is 0 Å². The SMILES string of the molecule is C=CCCC(C(=C)NC)c1ccc(N2CCN(C3CCN(c4ccc(N5C=CC(=N)/C5=C\C(=N)c5ccccc5)cn4)CC3)CC2)cc1.CC. The molecule has 0 aliphatic carbocycles. The summed E-state index contributed by atoms with van der Waals surface area (Å²) in [5.74, 6) is 1.29. The van der Waals surface area contributed by atoms with E-state index in [0.29, 0.717) is 29.1 Å². The third-order valence-electron chi connectivity index (χ3n) is 9.98. The Morgan fingerprint density at radius 2 is 1.60 bits per heavy atom. The van der Waals surface area contributed by atoms with Gasteiger partial charge in [0.1, 0.15) is 5.82 Å². The van der Waals surface area contributed by atoms with Crippen LogP contribution in [0.4, 0.5) is 17.2 Å². The van der Waals surface area contributed by atoms with E-state index < -0.39 is 0 Å². The van der Waals surface area contributed by atoms with Crippen molar-refractivity contribution >= 4 is 28.6 Å². The van der Waals surface area contributed by atoms with E-state index in [-0.39, 0.29) is 0 Å². The normalized spacial score (nSPS) is 18.1. The maximum atomic E-state index is 8.54. The lowest BCUT2D eigenvalue weighted by molar-refractivity contribution is 0.160. The average Bonchev–Trinajstić information content (AvgIpc) is 3.55. The third kappa shape index (κ3) is 8.61. The number of pyridine rings is 1. The van der Waals surface area contributed by atoms with Gasteiger partial charge in [-0.25, -0.2) is 4.98 Å². The molecule has 50 heavy (non-hydrogen) atoms. The Hall–Kier alpha value is -4.95. The topological polar surface area (TPSA) is 85.6 Å². The minimum absolute atomic E-state index is 0.298. The Bertz CT molecular complexity index is 1640. The lowest BCUT2D eigenvalue weighted by Gasteiger charge is -2.43. The van der Waals surface area contributed by atoms with Crippen molar-refractivity contribution in [2.24, 2.45) is 0 Å². The standard InChI is InChI=1S/C40H48N8.C2H6/c1-4-5-11-36(30(2)43-3)31-12-14-33(15-13-31)45-24-26-46(27-25-45)34-18-21-47(22-19-34)40-17-16-35(29-44-40)48-23-20-37(41)39(48)28-38(42)32-9-7-6-8-10-32;1-2/h4,6-10,12-17,20,23,28-29,34,36,41-43H,1-2,5,11,18-19,21-22,24-27H2,3H3;1-2H3/b39-28+,41-37?,42-38?;. The van der Waals surface area contributed by atoms with Crippen molar-refractivity contribution in [3.8, 4) is 0 Å². The van der Waals surface area contributed by atoms with E-state index in [2.05, 4.69) is 69.6 Å². The second kappa shape index (κ2) is 17.6. The molecule has 3 aromatic rings. The molecule has 6 rings (SSSR count). The number of anilines is 3. The van der Waals surface area contributed by atoms with E-state index >= 15 is 0 Å². The summed E-state index contributed by atoms with van der Waals surface area (Å²) in [5.41, 5.74) is 6.84. The van der Waals surface area contributed by atoms with Gasteiger partial charge in [-0.3, -0.25) is 10.3 Å². The van der Waals surface area contributed by atoms with Crippen LogP contribution in [0.1, 0.15) is 56.6 Å². The first kappa shape index (κ1) is 36.3. The molecule has 8 nitrogen and oxygen atoms in total. The molecule has 0 saturated carbocycles. The first-order valence-corrected chi connectivity index (χ1v) is 18.1. The van der Waals surface area contributed by atoms with E-state index in [0.717, 1.165) is 87.7 Å². The molecule has 0 spiro atoms. The molecule has 262 valence electrons. The van der Waals surface area contributed by atoms with Crippen molar-refractivity contribution in [1.29, 1.82) is 10.8 Å². The number of nitrogens with zero attached hydrogens (tertiary/aromatic N) is 5. The van der Waals surface area contributed by atoms with Gasteiger partial charge in [0.15, 0.2) is 0 Å². The Balaban J connectivity index is 0.00000239. The van der Waals surface area contributed by atoms with Crippen LogP contribution in [0.5, 0.6) is 0 Å². The van der Waals surface area contributed by atoms with E-state index in [1.165, 1.54) is 11.3 Å². The quantitative estimate of drug-likeness (QED) is 0.134. The number of allylic oxidation sites excluding steroid dienone is 4. The predicted molar refractivity (Wildman–Crippen MR) is 212 cm³/mol. The molecule has 2 saturated heterocycles. The van der Waals surface area contributed by atoms with Crippen molar-refractivity contribution in [3.63, 3.8) is 0 Å². The summed E-state index contributed by atoms with van der Waals surface area (Å²) in [4.78, 5) is 14.4. The smallest absolute Gasteiger partial charge is 0.128 e. The highest BCUT2D eigenvalue weighted by atomic mass is 15.3. The Morgan fingerprint density at radius 3 is 2.22 bits per heavy atom. The zero-order valence-corrected chi connectivity index (χ0v) is 30.1. The molecule has 2 aromatic carbocycles. The lowest BCUT2D eigenvalue weighted by Crippen LogP contribution is -2.53. The van der Waals surface area contributed by atoms with Gasteiger partial charge < -0.3 is 25.4 Å². The van der Waals surface area contributed by atoms with Gasteiger partial charge in [-0.05, 0) is 73.2 Å². The fraction of sp³-hybridized carbons (Fsp3) is 0.357. The molecule has 3 aliphatic heterocycles. The molecule has 1 aromatic heterocycles. The van der Waals surface area contributed by atoms with Crippen LogP contribution in [0.25, 0.3) is 0 Å². The highest BCUT2D eigenvalue weighted by Gasteiger charge is 2.28. The van der Waals surface area contributed by atoms with Gasteiger partial charge >= 0.3 is 0 Å². The van der Waals surface area contributed by atoms with E-state index in [4.69, 9.17) is 15.8 Å². The molecule has 0 radical (unpaired) electrons. The fourth-order valence-corrected chi connectivity index (χ4v) is 7.09. The number of piperazine rings is 1. The Morgan fingerprint density at radius 1 is 0.920 bits per heavy atom. The number of likely N-dealkylation sites (N-methyl/N-ethyl adjacent to an activating group) is 1. The number of aromatic nitrogens is 1. The van der Waals surface area contributed by atoms with Gasteiger partial charge in [-0.2, -0.15) is 0 Å². The van der Waals surface area contributed by atoms with E-state index in [1.54, 1.807) is 12.2 Å².